The first kappa shape index (κ1) is 12.4. The van der Waals surface area contributed by atoms with E-state index in [4.69, 9.17) is 0 Å². The molecule has 2 rings (SSSR count). The molecule has 0 radical (unpaired) electrons. The summed E-state index contributed by atoms with van der Waals surface area (Å²) >= 11 is 0. The lowest BCUT2D eigenvalue weighted by molar-refractivity contribution is 0.0697. The third-order valence-corrected chi connectivity index (χ3v) is 4.43. The van der Waals surface area contributed by atoms with Gasteiger partial charge in [-0.3, -0.25) is 4.90 Å². The summed E-state index contributed by atoms with van der Waals surface area (Å²) in [6, 6.07) is 0. The Morgan fingerprint density at radius 2 is 1.81 bits per heavy atom. The van der Waals surface area contributed by atoms with Gasteiger partial charge in [-0.25, -0.2) is 0 Å². The summed E-state index contributed by atoms with van der Waals surface area (Å²) in [5, 5.41) is 3.51. The van der Waals surface area contributed by atoms with E-state index in [0.29, 0.717) is 5.54 Å². The summed E-state index contributed by atoms with van der Waals surface area (Å²) in [6.07, 6.45) is 8.83. The first-order chi connectivity index (χ1) is 7.68. The molecule has 1 aliphatic carbocycles. The van der Waals surface area contributed by atoms with E-state index in [9.17, 15) is 0 Å². The van der Waals surface area contributed by atoms with E-state index in [0.717, 1.165) is 12.5 Å². The van der Waals surface area contributed by atoms with Gasteiger partial charge in [0.1, 0.15) is 0 Å². The fourth-order valence-electron chi connectivity index (χ4n) is 3.22. The lowest BCUT2D eigenvalue weighted by Gasteiger charge is -2.44. The number of hydrogen-bond acceptors (Lipinski definition) is 2. The van der Waals surface area contributed by atoms with E-state index in [1.807, 2.05) is 0 Å². The standard InChI is InChI=1S/C14H28N2/c1-14(2)12-15-9-10-16(14)11-13-7-5-3-4-6-8-13/h13,15H,3-12H2,1-2H3. The van der Waals surface area contributed by atoms with Crippen LogP contribution in [-0.4, -0.2) is 36.6 Å². The lowest BCUT2D eigenvalue weighted by Crippen LogP contribution is -2.58. The summed E-state index contributed by atoms with van der Waals surface area (Å²) < 4.78 is 0. The van der Waals surface area contributed by atoms with Crippen molar-refractivity contribution in [1.29, 1.82) is 0 Å². The SMILES string of the molecule is CC1(C)CNCCN1CC1CCCCCC1. The van der Waals surface area contributed by atoms with Crippen molar-refractivity contribution in [3.63, 3.8) is 0 Å². The van der Waals surface area contributed by atoms with Crippen molar-refractivity contribution in [2.24, 2.45) is 5.92 Å². The molecule has 1 saturated heterocycles. The third kappa shape index (κ3) is 3.21. The smallest absolute Gasteiger partial charge is 0.0278 e. The van der Waals surface area contributed by atoms with Crippen molar-refractivity contribution in [3.05, 3.63) is 0 Å². The predicted molar refractivity (Wildman–Crippen MR) is 69.7 cm³/mol. The van der Waals surface area contributed by atoms with Gasteiger partial charge in [0.2, 0.25) is 0 Å². The molecule has 0 unspecified atom stereocenters. The average molecular weight is 224 g/mol. The molecule has 2 aliphatic rings. The van der Waals surface area contributed by atoms with Crippen LogP contribution in [0.25, 0.3) is 0 Å². The van der Waals surface area contributed by atoms with E-state index in [1.165, 1.54) is 58.2 Å². The highest BCUT2D eigenvalue weighted by Gasteiger charge is 2.30. The van der Waals surface area contributed by atoms with E-state index in [-0.39, 0.29) is 0 Å². The van der Waals surface area contributed by atoms with Crippen molar-refractivity contribution in [2.75, 3.05) is 26.2 Å². The van der Waals surface area contributed by atoms with E-state index in [1.54, 1.807) is 0 Å². The molecule has 0 aromatic carbocycles. The van der Waals surface area contributed by atoms with Gasteiger partial charge in [0.05, 0.1) is 0 Å². The molecule has 1 aliphatic heterocycles. The van der Waals surface area contributed by atoms with Gasteiger partial charge in [-0.15, -0.1) is 0 Å². The number of hydrogen-bond donors (Lipinski definition) is 1. The molecule has 0 spiro atoms. The first-order valence-corrected chi connectivity index (χ1v) is 7.14. The maximum Gasteiger partial charge on any atom is 0.0278 e. The monoisotopic (exact) mass is 224 g/mol. The van der Waals surface area contributed by atoms with Gasteiger partial charge in [-0.1, -0.05) is 25.7 Å². The second-order valence-electron chi connectivity index (χ2n) is 6.29. The molecule has 2 fully saturated rings. The van der Waals surface area contributed by atoms with Gasteiger partial charge in [-0.05, 0) is 32.6 Å². The molecule has 94 valence electrons. The Balaban J connectivity index is 1.86. The Morgan fingerprint density at radius 1 is 1.12 bits per heavy atom. The molecule has 1 heterocycles. The summed E-state index contributed by atoms with van der Waals surface area (Å²) in [4.78, 5) is 2.72. The lowest BCUT2D eigenvalue weighted by atomic mass is 9.94. The van der Waals surface area contributed by atoms with Crippen LogP contribution in [0.2, 0.25) is 0 Å². The molecule has 1 N–H and O–H groups in total. The van der Waals surface area contributed by atoms with E-state index < -0.39 is 0 Å². The quantitative estimate of drug-likeness (QED) is 0.725. The fraction of sp³-hybridized carbons (Fsp3) is 1.00. The molecular weight excluding hydrogens is 196 g/mol. The summed E-state index contributed by atoms with van der Waals surface area (Å²) in [5.74, 6) is 0.972. The van der Waals surface area contributed by atoms with Crippen LogP contribution in [0.4, 0.5) is 0 Å². The molecule has 0 bridgehead atoms. The molecule has 0 aromatic heterocycles. The Morgan fingerprint density at radius 3 is 2.44 bits per heavy atom. The van der Waals surface area contributed by atoms with Crippen molar-refractivity contribution in [1.82, 2.24) is 10.2 Å². The van der Waals surface area contributed by atoms with Crippen molar-refractivity contribution < 1.29 is 0 Å². The van der Waals surface area contributed by atoms with E-state index >= 15 is 0 Å². The van der Waals surface area contributed by atoms with Gasteiger partial charge >= 0.3 is 0 Å². The van der Waals surface area contributed by atoms with Crippen molar-refractivity contribution in [2.45, 2.75) is 57.9 Å². The van der Waals surface area contributed by atoms with Crippen LogP contribution >= 0.6 is 0 Å². The molecule has 2 nitrogen and oxygen atoms in total. The van der Waals surface area contributed by atoms with Crippen LogP contribution in [0.1, 0.15) is 52.4 Å². The van der Waals surface area contributed by atoms with Crippen LogP contribution in [0.3, 0.4) is 0 Å². The third-order valence-electron chi connectivity index (χ3n) is 4.43. The van der Waals surface area contributed by atoms with Gasteiger partial charge in [-0.2, -0.15) is 0 Å². The normalized spacial score (nSPS) is 28.9. The number of piperazine rings is 1. The van der Waals surface area contributed by atoms with Crippen LogP contribution < -0.4 is 5.32 Å². The van der Waals surface area contributed by atoms with Gasteiger partial charge < -0.3 is 5.32 Å². The minimum Gasteiger partial charge on any atom is -0.314 e. The van der Waals surface area contributed by atoms with Crippen molar-refractivity contribution in [3.8, 4) is 0 Å². The number of nitrogens with one attached hydrogen (secondary N) is 1. The Labute approximate surface area is 101 Å². The summed E-state index contributed by atoms with van der Waals surface area (Å²) in [6.45, 7) is 9.68. The zero-order valence-electron chi connectivity index (χ0n) is 11.1. The highest BCUT2D eigenvalue weighted by molar-refractivity contribution is 4.89. The fourth-order valence-corrected chi connectivity index (χ4v) is 3.22. The molecular formula is C14H28N2. The maximum absolute atomic E-state index is 3.51. The highest BCUT2D eigenvalue weighted by atomic mass is 15.2. The topological polar surface area (TPSA) is 15.3 Å². The number of nitrogens with zero attached hydrogens (tertiary/aromatic N) is 1. The van der Waals surface area contributed by atoms with Crippen LogP contribution in [0, 0.1) is 5.92 Å². The zero-order chi connectivity index (χ0) is 11.4. The predicted octanol–water partition coefficient (Wildman–Crippen LogP) is 2.64. The van der Waals surface area contributed by atoms with Crippen molar-refractivity contribution >= 4 is 0 Å². The molecule has 0 atom stereocenters. The van der Waals surface area contributed by atoms with Gasteiger partial charge in [0.25, 0.3) is 0 Å². The van der Waals surface area contributed by atoms with Gasteiger partial charge in [0, 0.05) is 31.7 Å². The highest BCUT2D eigenvalue weighted by Crippen LogP contribution is 2.26. The first-order valence-electron chi connectivity index (χ1n) is 7.14. The Bertz CT molecular complexity index is 205. The molecule has 1 saturated carbocycles. The second-order valence-corrected chi connectivity index (χ2v) is 6.29. The maximum atomic E-state index is 3.51. The van der Waals surface area contributed by atoms with Gasteiger partial charge in [0.15, 0.2) is 0 Å². The molecule has 16 heavy (non-hydrogen) atoms. The molecule has 0 aromatic rings. The second kappa shape index (κ2) is 5.50. The number of rotatable bonds is 2. The molecule has 0 amide bonds. The summed E-state index contributed by atoms with van der Waals surface area (Å²) in [7, 11) is 0. The minimum atomic E-state index is 0.366. The van der Waals surface area contributed by atoms with E-state index in [2.05, 4.69) is 24.1 Å². The Kier molecular flexibility index (Phi) is 4.26. The Hall–Kier alpha value is -0.0800. The van der Waals surface area contributed by atoms with Crippen LogP contribution in [0.5, 0.6) is 0 Å². The zero-order valence-corrected chi connectivity index (χ0v) is 11.1. The minimum absolute atomic E-state index is 0.366. The van der Waals surface area contributed by atoms with Crippen LogP contribution in [0.15, 0.2) is 0 Å². The largest absolute Gasteiger partial charge is 0.314 e. The van der Waals surface area contributed by atoms with Crippen LogP contribution in [-0.2, 0) is 0 Å². The average Bonchev–Trinajstić information content (AvgIpc) is 2.49. The summed E-state index contributed by atoms with van der Waals surface area (Å²) in [5.41, 5.74) is 0.366. The molecule has 2 heteroatoms.